The Morgan fingerprint density at radius 3 is 2.35 bits per heavy atom. The van der Waals surface area contributed by atoms with Crippen molar-refractivity contribution < 1.29 is 9.53 Å². The number of ether oxygens (including phenoxy) is 1. The van der Waals surface area contributed by atoms with E-state index in [4.69, 9.17) is 4.74 Å². The Labute approximate surface area is 231 Å². The molecule has 1 unspecified atom stereocenters. The average Bonchev–Trinajstić information content (AvgIpc) is 3.33. The molecule has 0 radical (unpaired) electrons. The van der Waals surface area contributed by atoms with Gasteiger partial charge >= 0.3 is 0 Å². The second-order valence-corrected chi connectivity index (χ2v) is 11.0. The van der Waals surface area contributed by atoms with Crippen molar-refractivity contribution in [3.05, 3.63) is 93.7 Å². The van der Waals surface area contributed by atoms with E-state index in [1.807, 2.05) is 79.9 Å². The summed E-state index contributed by atoms with van der Waals surface area (Å²) in [6.07, 6.45) is -0.353. The minimum Gasteiger partial charge on any atom is -0.483 e. The Morgan fingerprint density at radius 1 is 0.973 bits per heavy atom. The third-order valence-corrected chi connectivity index (χ3v) is 8.01. The van der Waals surface area contributed by atoms with E-state index < -0.39 is 0 Å². The van der Waals surface area contributed by atoms with Gasteiger partial charge in [-0.3, -0.25) is 9.36 Å². The maximum atomic E-state index is 12.8. The highest BCUT2D eigenvalue weighted by molar-refractivity contribution is 9.10. The van der Waals surface area contributed by atoms with Gasteiger partial charge in [0, 0.05) is 15.8 Å². The summed E-state index contributed by atoms with van der Waals surface area (Å²) in [5.41, 5.74) is 5.12. The number of benzene rings is 3. The Hall–Kier alpha value is -3.10. The van der Waals surface area contributed by atoms with E-state index in [1.54, 1.807) is 0 Å². The molecule has 1 amide bonds. The van der Waals surface area contributed by atoms with E-state index in [2.05, 4.69) is 57.4 Å². The molecule has 1 heterocycles. The fourth-order valence-corrected chi connectivity index (χ4v) is 5.07. The summed E-state index contributed by atoms with van der Waals surface area (Å²) in [4.78, 5) is 12.8. The molecule has 3 aromatic carbocycles. The topological polar surface area (TPSA) is 69.0 Å². The van der Waals surface area contributed by atoms with Crippen LogP contribution in [0.2, 0.25) is 0 Å². The van der Waals surface area contributed by atoms with Crippen molar-refractivity contribution in [1.29, 1.82) is 0 Å². The van der Waals surface area contributed by atoms with Gasteiger partial charge in [-0.05, 0) is 79.8 Å². The number of carbonyl (C=O) groups is 1. The zero-order valence-corrected chi connectivity index (χ0v) is 24.1. The number of hydrogen-bond acceptors (Lipinski definition) is 5. The van der Waals surface area contributed by atoms with Crippen molar-refractivity contribution in [2.45, 2.75) is 51.8 Å². The third kappa shape index (κ3) is 6.43. The van der Waals surface area contributed by atoms with Crippen molar-refractivity contribution in [2.24, 2.45) is 0 Å². The van der Waals surface area contributed by atoms with Gasteiger partial charge < -0.3 is 10.1 Å². The number of nitrogens with one attached hydrogen (secondary N) is 1. The summed E-state index contributed by atoms with van der Waals surface area (Å²) in [7, 11) is 0. The van der Waals surface area contributed by atoms with E-state index in [9.17, 15) is 4.79 Å². The quantitative estimate of drug-likeness (QED) is 0.207. The number of halogens is 1. The fourth-order valence-electron chi connectivity index (χ4n) is 3.89. The van der Waals surface area contributed by atoms with Gasteiger partial charge in [-0.25, -0.2) is 0 Å². The first-order valence-electron chi connectivity index (χ1n) is 12.2. The molecule has 8 heteroatoms. The van der Waals surface area contributed by atoms with Crippen molar-refractivity contribution >= 4 is 39.3 Å². The first-order chi connectivity index (χ1) is 17.7. The number of para-hydroxylation sites is 1. The molecule has 0 aliphatic heterocycles. The van der Waals surface area contributed by atoms with Crippen molar-refractivity contribution in [3.8, 4) is 11.4 Å². The second kappa shape index (κ2) is 12.0. The number of rotatable bonds is 9. The molecule has 0 spiro atoms. The Balaban J connectivity index is 1.53. The van der Waals surface area contributed by atoms with Gasteiger partial charge in [-0.2, -0.15) is 0 Å². The smallest absolute Gasteiger partial charge is 0.234 e. The first-order valence-corrected chi connectivity index (χ1v) is 14.0. The third-order valence-electron chi connectivity index (χ3n) is 6.22. The maximum Gasteiger partial charge on any atom is 0.234 e. The predicted octanol–water partition coefficient (Wildman–Crippen LogP) is 7.64. The van der Waals surface area contributed by atoms with Gasteiger partial charge in [0.15, 0.2) is 17.1 Å². The van der Waals surface area contributed by atoms with Crippen LogP contribution < -0.4 is 10.1 Å². The van der Waals surface area contributed by atoms with Gasteiger partial charge in [0.1, 0.15) is 5.75 Å². The van der Waals surface area contributed by atoms with E-state index >= 15 is 0 Å². The molecule has 1 atom stereocenters. The van der Waals surface area contributed by atoms with Crippen LogP contribution in [0.4, 0.5) is 5.69 Å². The predicted molar refractivity (Wildman–Crippen MR) is 154 cm³/mol. The molecule has 6 nitrogen and oxygen atoms in total. The highest BCUT2D eigenvalue weighted by atomic mass is 79.9. The van der Waals surface area contributed by atoms with Crippen LogP contribution in [0.3, 0.4) is 0 Å². The lowest BCUT2D eigenvalue weighted by atomic mass is 10.0. The number of anilines is 1. The molecule has 0 bridgehead atoms. The number of amides is 1. The minimum atomic E-state index is -0.353. The van der Waals surface area contributed by atoms with Crippen LogP contribution in [0.5, 0.6) is 5.75 Å². The van der Waals surface area contributed by atoms with Crippen LogP contribution in [0.25, 0.3) is 5.69 Å². The number of carbonyl (C=O) groups excluding carboxylic acids is 1. The van der Waals surface area contributed by atoms with E-state index in [-0.39, 0.29) is 17.8 Å². The van der Waals surface area contributed by atoms with Gasteiger partial charge in [0.2, 0.25) is 5.91 Å². The molecule has 37 heavy (non-hydrogen) atoms. The summed E-state index contributed by atoms with van der Waals surface area (Å²) in [5, 5.41) is 12.5. The normalized spacial score (nSPS) is 12.0. The minimum absolute atomic E-state index is 0.103. The lowest BCUT2D eigenvalue weighted by Crippen LogP contribution is -2.16. The number of thioether (sulfide) groups is 1. The summed E-state index contributed by atoms with van der Waals surface area (Å²) in [6, 6.07) is 21.9. The monoisotopic (exact) mass is 578 g/mol. The summed E-state index contributed by atoms with van der Waals surface area (Å²) in [5.74, 6) is 2.00. The van der Waals surface area contributed by atoms with E-state index in [1.165, 1.54) is 17.3 Å². The summed E-state index contributed by atoms with van der Waals surface area (Å²) in [6.45, 7) is 10.3. The standard InChI is InChI=1S/C29H31BrN4O2S/c1-18(2)22-11-13-24(14-12-22)36-21(5)28-32-33-29(34(28)23-9-7-6-8-10-23)37-17-27(35)31-26-16-15-25(30)19(3)20(26)4/h6-16,18,21H,17H2,1-5H3,(H,31,35). The summed E-state index contributed by atoms with van der Waals surface area (Å²) >= 11 is 4.88. The second-order valence-electron chi connectivity index (χ2n) is 9.18. The summed E-state index contributed by atoms with van der Waals surface area (Å²) < 4.78 is 9.21. The lowest BCUT2D eigenvalue weighted by Gasteiger charge is -2.17. The molecule has 192 valence electrons. The van der Waals surface area contributed by atoms with E-state index in [0.717, 1.165) is 32.7 Å². The van der Waals surface area contributed by atoms with Crippen LogP contribution in [-0.2, 0) is 4.79 Å². The molecule has 4 rings (SSSR count). The molecule has 0 saturated heterocycles. The SMILES string of the molecule is Cc1c(Br)ccc(NC(=O)CSc2nnc(C(C)Oc3ccc(C(C)C)cc3)n2-c2ccccc2)c1C. The number of nitrogens with zero attached hydrogens (tertiary/aromatic N) is 3. The van der Waals surface area contributed by atoms with E-state index in [0.29, 0.717) is 16.9 Å². The van der Waals surface area contributed by atoms with Crippen LogP contribution in [-0.4, -0.2) is 26.4 Å². The average molecular weight is 580 g/mol. The highest BCUT2D eigenvalue weighted by Crippen LogP contribution is 2.30. The van der Waals surface area contributed by atoms with Crippen LogP contribution in [0.15, 0.2) is 76.4 Å². The van der Waals surface area contributed by atoms with Gasteiger partial charge in [0.05, 0.1) is 5.75 Å². The lowest BCUT2D eigenvalue weighted by molar-refractivity contribution is -0.113. The molecule has 0 fully saturated rings. The molecular weight excluding hydrogens is 548 g/mol. The van der Waals surface area contributed by atoms with Gasteiger partial charge in [-0.15, -0.1) is 10.2 Å². The van der Waals surface area contributed by atoms with Crippen molar-refractivity contribution in [3.63, 3.8) is 0 Å². The maximum absolute atomic E-state index is 12.8. The fraction of sp³-hybridized carbons (Fsp3) is 0.276. The highest BCUT2D eigenvalue weighted by Gasteiger charge is 2.22. The molecule has 0 saturated carbocycles. The van der Waals surface area contributed by atoms with Crippen LogP contribution in [0.1, 0.15) is 55.3 Å². The zero-order chi connectivity index (χ0) is 26.5. The Bertz CT molecular complexity index is 1370. The largest absolute Gasteiger partial charge is 0.483 e. The molecule has 1 aromatic heterocycles. The molecule has 1 N–H and O–H groups in total. The molecule has 4 aromatic rings. The van der Waals surface area contributed by atoms with Crippen molar-refractivity contribution in [2.75, 3.05) is 11.1 Å². The Morgan fingerprint density at radius 2 is 1.68 bits per heavy atom. The number of hydrogen-bond donors (Lipinski definition) is 1. The van der Waals surface area contributed by atoms with Crippen molar-refractivity contribution in [1.82, 2.24) is 14.8 Å². The zero-order valence-electron chi connectivity index (χ0n) is 21.7. The number of aromatic nitrogens is 3. The Kier molecular flexibility index (Phi) is 8.71. The molecule has 0 aliphatic carbocycles. The van der Waals surface area contributed by atoms with Gasteiger partial charge in [0.25, 0.3) is 0 Å². The molecule has 0 aliphatic rings. The molecular formula is C29H31BrN4O2S. The van der Waals surface area contributed by atoms with Crippen LogP contribution in [0, 0.1) is 13.8 Å². The van der Waals surface area contributed by atoms with Crippen LogP contribution >= 0.6 is 27.7 Å². The van der Waals surface area contributed by atoms with Gasteiger partial charge in [-0.1, -0.05) is 71.9 Å². The first kappa shape index (κ1) is 26.9.